The maximum atomic E-state index is 11.3. The lowest BCUT2D eigenvalue weighted by molar-refractivity contribution is 0.0698. The SMILES string of the molecule is CN(C)c1ccc(N=Nc2ccccc2)c(C(=O)O)c1. The van der Waals surface area contributed by atoms with E-state index in [2.05, 4.69) is 10.2 Å². The predicted octanol–water partition coefficient (Wildman–Crippen LogP) is 3.87. The summed E-state index contributed by atoms with van der Waals surface area (Å²) in [4.78, 5) is 13.1. The van der Waals surface area contributed by atoms with Crippen molar-refractivity contribution in [1.82, 2.24) is 0 Å². The molecule has 0 fully saturated rings. The van der Waals surface area contributed by atoms with E-state index < -0.39 is 5.97 Å². The van der Waals surface area contributed by atoms with Crippen LogP contribution in [-0.4, -0.2) is 25.2 Å². The van der Waals surface area contributed by atoms with Crippen molar-refractivity contribution < 1.29 is 9.90 Å². The van der Waals surface area contributed by atoms with Crippen LogP contribution in [-0.2, 0) is 0 Å². The third-order valence-corrected chi connectivity index (χ3v) is 2.76. The van der Waals surface area contributed by atoms with Crippen LogP contribution in [0, 0.1) is 0 Å². The fraction of sp³-hybridized carbons (Fsp3) is 0.133. The van der Waals surface area contributed by atoms with E-state index in [-0.39, 0.29) is 5.56 Å². The molecule has 0 atom stereocenters. The van der Waals surface area contributed by atoms with Crippen molar-refractivity contribution in [3.05, 3.63) is 54.1 Å². The van der Waals surface area contributed by atoms with Crippen LogP contribution in [0.1, 0.15) is 10.4 Å². The Hall–Kier alpha value is -2.69. The van der Waals surface area contributed by atoms with Crippen molar-refractivity contribution >= 4 is 23.0 Å². The Labute approximate surface area is 117 Å². The molecule has 0 spiro atoms. The molecule has 0 saturated heterocycles. The monoisotopic (exact) mass is 269 g/mol. The van der Waals surface area contributed by atoms with Gasteiger partial charge < -0.3 is 10.0 Å². The van der Waals surface area contributed by atoms with E-state index in [1.54, 1.807) is 24.3 Å². The molecule has 0 aromatic heterocycles. The number of carboxylic acids is 1. The Balaban J connectivity index is 2.36. The van der Waals surface area contributed by atoms with Crippen molar-refractivity contribution in [2.45, 2.75) is 0 Å². The molecule has 0 saturated carbocycles. The largest absolute Gasteiger partial charge is 0.478 e. The zero-order valence-corrected chi connectivity index (χ0v) is 11.3. The second kappa shape index (κ2) is 5.97. The molecule has 2 aromatic rings. The Morgan fingerprint density at radius 2 is 1.75 bits per heavy atom. The lowest BCUT2D eigenvalue weighted by atomic mass is 10.1. The molecule has 102 valence electrons. The smallest absolute Gasteiger partial charge is 0.338 e. The van der Waals surface area contributed by atoms with Gasteiger partial charge in [-0.2, -0.15) is 5.11 Å². The summed E-state index contributed by atoms with van der Waals surface area (Å²) in [6, 6.07) is 14.2. The van der Waals surface area contributed by atoms with Gasteiger partial charge in [0.1, 0.15) is 5.69 Å². The second-order valence-electron chi connectivity index (χ2n) is 4.44. The van der Waals surface area contributed by atoms with Crippen LogP contribution in [0.2, 0.25) is 0 Å². The van der Waals surface area contributed by atoms with E-state index in [9.17, 15) is 9.90 Å². The molecule has 0 aliphatic carbocycles. The molecule has 0 amide bonds. The van der Waals surface area contributed by atoms with Crippen molar-refractivity contribution in [2.24, 2.45) is 10.2 Å². The van der Waals surface area contributed by atoms with Crippen LogP contribution in [0.15, 0.2) is 58.8 Å². The zero-order chi connectivity index (χ0) is 14.5. The summed E-state index contributed by atoms with van der Waals surface area (Å²) in [5.41, 5.74) is 1.96. The first-order valence-electron chi connectivity index (χ1n) is 6.09. The van der Waals surface area contributed by atoms with Crippen LogP contribution in [0.25, 0.3) is 0 Å². The second-order valence-corrected chi connectivity index (χ2v) is 4.44. The fourth-order valence-corrected chi connectivity index (χ4v) is 1.67. The van der Waals surface area contributed by atoms with Gasteiger partial charge >= 0.3 is 5.97 Å². The molecule has 5 nitrogen and oxygen atoms in total. The lowest BCUT2D eigenvalue weighted by Gasteiger charge is -2.13. The van der Waals surface area contributed by atoms with Crippen LogP contribution >= 0.6 is 0 Å². The highest BCUT2D eigenvalue weighted by Gasteiger charge is 2.11. The van der Waals surface area contributed by atoms with Gasteiger partial charge in [-0.05, 0) is 30.3 Å². The molecule has 0 heterocycles. The maximum absolute atomic E-state index is 11.3. The topological polar surface area (TPSA) is 65.3 Å². The van der Waals surface area contributed by atoms with Crippen LogP contribution in [0.5, 0.6) is 0 Å². The molecule has 0 bridgehead atoms. The highest BCUT2D eigenvalue weighted by atomic mass is 16.4. The first-order valence-corrected chi connectivity index (χ1v) is 6.09. The number of anilines is 1. The average Bonchev–Trinajstić information content (AvgIpc) is 2.45. The van der Waals surface area contributed by atoms with Crippen LogP contribution < -0.4 is 4.90 Å². The summed E-state index contributed by atoms with van der Waals surface area (Å²) >= 11 is 0. The number of hydrogen-bond acceptors (Lipinski definition) is 4. The van der Waals surface area contributed by atoms with Gasteiger partial charge in [0.25, 0.3) is 0 Å². The molecule has 1 N–H and O–H groups in total. The number of nitrogens with zero attached hydrogens (tertiary/aromatic N) is 3. The Kier molecular flexibility index (Phi) is 4.10. The summed E-state index contributed by atoms with van der Waals surface area (Å²) in [6.07, 6.45) is 0. The molecule has 0 unspecified atom stereocenters. The van der Waals surface area contributed by atoms with Gasteiger partial charge in [-0.25, -0.2) is 4.79 Å². The molecule has 0 radical (unpaired) electrons. The summed E-state index contributed by atoms with van der Waals surface area (Å²) in [5, 5.41) is 17.3. The molecule has 5 heteroatoms. The minimum Gasteiger partial charge on any atom is -0.478 e. The summed E-state index contributed by atoms with van der Waals surface area (Å²) in [5.74, 6) is -1.02. The third kappa shape index (κ3) is 3.20. The first kappa shape index (κ1) is 13.7. The molecule has 0 aliphatic heterocycles. The van der Waals surface area contributed by atoms with E-state index in [1.165, 1.54) is 0 Å². The number of rotatable bonds is 4. The molecule has 0 aliphatic rings. The zero-order valence-electron chi connectivity index (χ0n) is 11.3. The molecule has 20 heavy (non-hydrogen) atoms. The number of azo groups is 1. The minimum atomic E-state index is -1.02. The third-order valence-electron chi connectivity index (χ3n) is 2.76. The summed E-state index contributed by atoms with van der Waals surface area (Å²) < 4.78 is 0. The normalized spacial score (nSPS) is 10.7. The fourth-order valence-electron chi connectivity index (χ4n) is 1.67. The predicted molar refractivity (Wildman–Crippen MR) is 78.3 cm³/mol. The van der Waals surface area contributed by atoms with Crippen LogP contribution in [0.3, 0.4) is 0 Å². The highest BCUT2D eigenvalue weighted by molar-refractivity contribution is 5.94. The number of carboxylic acid groups (broad SMARTS) is 1. The first-order chi connectivity index (χ1) is 9.58. The van der Waals surface area contributed by atoms with Crippen molar-refractivity contribution in [3.8, 4) is 0 Å². The van der Waals surface area contributed by atoms with Crippen molar-refractivity contribution in [3.63, 3.8) is 0 Å². The van der Waals surface area contributed by atoms with Crippen molar-refractivity contribution in [2.75, 3.05) is 19.0 Å². The van der Waals surface area contributed by atoms with Crippen molar-refractivity contribution in [1.29, 1.82) is 0 Å². The van der Waals surface area contributed by atoms with Gasteiger partial charge in [-0.1, -0.05) is 18.2 Å². The Bertz CT molecular complexity index is 637. The number of carbonyl (C=O) groups is 1. The van der Waals surface area contributed by atoms with Gasteiger partial charge in [0.2, 0.25) is 0 Å². The Morgan fingerprint density at radius 1 is 1.05 bits per heavy atom. The molecule has 2 rings (SSSR count). The van der Waals surface area contributed by atoms with E-state index >= 15 is 0 Å². The standard InChI is InChI=1S/C15H15N3O2/c1-18(2)12-8-9-14(13(10-12)15(19)20)17-16-11-6-4-3-5-7-11/h3-10H,1-2H3,(H,19,20). The van der Waals surface area contributed by atoms with Gasteiger partial charge in [-0.15, -0.1) is 5.11 Å². The molecular weight excluding hydrogens is 254 g/mol. The van der Waals surface area contributed by atoms with E-state index in [0.717, 1.165) is 5.69 Å². The number of hydrogen-bond donors (Lipinski definition) is 1. The quantitative estimate of drug-likeness (QED) is 0.857. The minimum absolute atomic E-state index is 0.135. The van der Waals surface area contributed by atoms with E-state index in [4.69, 9.17) is 0 Å². The average molecular weight is 269 g/mol. The number of benzene rings is 2. The summed E-state index contributed by atoms with van der Waals surface area (Å²) in [7, 11) is 3.71. The summed E-state index contributed by atoms with van der Waals surface area (Å²) in [6.45, 7) is 0. The maximum Gasteiger partial charge on any atom is 0.338 e. The van der Waals surface area contributed by atoms with Gasteiger partial charge in [0.15, 0.2) is 0 Å². The Morgan fingerprint density at radius 3 is 2.35 bits per heavy atom. The lowest BCUT2D eigenvalue weighted by Crippen LogP contribution is -2.09. The van der Waals surface area contributed by atoms with Gasteiger partial charge in [-0.3, -0.25) is 0 Å². The molecular formula is C15H15N3O2. The van der Waals surface area contributed by atoms with Crippen LogP contribution in [0.4, 0.5) is 17.1 Å². The highest BCUT2D eigenvalue weighted by Crippen LogP contribution is 2.26. The van der Waals surface area contributed by atoms with E-state index in [1.807, 2.05) is 43.3 Å². The van der Waals surface area contributed by atoms with Gasteiger partial charge in [0.05, 0.1) is 11.3 Å². The van der Waals surface area contributed by atoms with E-state index in [0.29, 0.717) is 11.4 Å². The molecule has 2 aromatic carbocycles. The number of aromatic carboxylic acids is 1. The van der Waals surface area contributed by atoms with Gasteiger partial charge in [0, 0.05) is 19.8 Å².